The largest absolute Gasteiger partial charge is 0.491 e. The second-order valence-electron chi connectivity index (χ2n) is 6.51. The predicted octanol–water partition coefficient (Wildman–Crippen LogP) is 2.20. The molecule has 1 N–H and O–H groups in total. The molecule has 30 heavy (non-hydrogen) atoms. The maximum Gasteiger partial charge on any atom is 0.326 e. The van der Waals surface area contributed by atoms with Crippen molar-refractivity contribution in [2.24, 2.45) is 0 Å². The number of hydrogen-bond acceptors (Lipinski definition) is 7. The van der Waals surface area contributed by atoms with E-state index in [1.54, 1.807) is 31.2 Å². The van der Waals surface area contributed by atoms with E-state index in [-0.39, 0.29) is 31.2 Å². The monoisotopic (exact) mass is 413 g/mol. The quantitative estimate of drug-likeness (QED) is 0.437. The van der Waals surface area contributed by atoms with Crippen LogP contribution in [0.5, 0.6) is 5.75 Å². The Labute approximate surface area is 171 Å². The Morgan fingerprint density at radius 2 is 2.03 bits per heavy atom. The Hall–Kier alpha value is -3.95. The number of esters is 1. The number of aryl methyl sites for hydroxylation is 1. The van der Waals surface area contributed by atoms with E-state index in [1.807, 2.05) is 0 Å². The number of rotatable bonds is 6. The van der Waals surface area contributed by atoms with Crippen LogP contribution in [0.25, 0.3) is 0 Å². The maximum absolute atomic E-state index is 12.3. The maximum atomic E-state index is 12.3. The molecular weight excluding hydrogens is 394 g/mol. The van der Waals surface area contributed by atoms with Crippen LogP contribution in [0.3, 0.4) is 0 Å². The van der Waals surface area contributed by atoms with Crippen molar-refractivity contribution < 1.29 is 28.8 Å². The molecule has 3 rings (SSSR count). The number of hydrogen-bond donors (Lipinski definition) is 1. The lowest BCUT2D eigenvalue weighted by atomic mass is 10.2. The molecule has 2 amide bonds. The van der Waals surface area contributed by atoms with Gasteiger partial charge in [0.1, 0.15) is 12.3 Å². The molecule has 156 valence electrons. The van der Waals surface area contributed by atoms with Gasteiger partial charge in [-0.3, -0.25) is 29.4 Å². The Bertz CT molecular complexity index is 1010. The predicted molar refractivity (Wildman–Crippen MR) is 106 cm³/mol. The molecule has 2 aromatic carbocycles. The molecule has 0 aromatic heterocycles. The molecule has 0 radical (unpaired) electrons. The molecule has 0 atom stereocenters. The fourth-order valence-corrected chi connectivity index (χ4v) is 2.90. The van der Waals surface area contributed by atoms with Gasteiger partial charge < -0.3 is 14.8 Å². The molecule has 0 unspecified atom stereocenters. The van der Waals surface area contributed by atoms with E-state index in [4.69, 9.17) is 9.47 Å². The zero-order valence-corrected chi connectivity index (χ0v) is 16.1. The third kappa shape index (κ3) is 4.90. The lowest BCUT2D eigenvalue weighted by Gasteiger charge is -2.20. The minimum Gasteiger partial charge on any atom is -0.491 e. The fraction of sp³-hybridized carbons (Fsp3) is 0.250. The molecular formula is C20H19N3O7. The summed E-state index contributed by atoms with van der Waals surface area (Å²) in [6.07, 6.45) is 0.113. The number of nitrogens with zero attached hydrogens (tertiary/aromatic N) is 2. The number of nitro benzene ring substituents is 1. The van der Waals surface area contributed by atoms with Crippen molar-refractivity contribution in [3.63, 3.8) is 0 Å². The molecule has 0 aliphatic carbocycles. The van der Waals surface area contributed by atoms with E-state index >= 15 is 0 Å². The van der Waals surface area contributed by atoms with Crippen molar-refractivity contribution in [3.05, 3.63) is 58.1 Å². The van der Waals surface area contributed by atoms with Crippen LogP contribution in [0.1, 0.15) is 12.0 Å². The summed E-state index contributed by atoms with van der Waals surface area (Å²) in [6.45, 7) is 0.899. The van der Waals surface area contributed by atoms with E-state index in [0.29, 0.717) is 22.7 Å². The van der Waals surface area contributed by atoms with Crippen LogP contribution in [0, 0.1) is 17.0 Å². The van der Waals surface area contributed by atoms with E-state index in [2.05, 4.69) is 5.32 Å². The first-order valence-electron chi connectivity index (χ1n) is 9.08. The van der Waals surface area contributed by atoms with Crippen LogP contribution in [0.4, 0.5) is 17.1 Å². The average Bonchev–Trinajstić information content (AvgIpc) is 2.87. The summed E-state index contributed by atoms with van der Waals surface area (Å²) < 4.78 is 10.5. The van der Waals surface area contributed by atoms with E-state index in [0.717, 1.165) is 0 Å². The first-order chi connectivity index (χ1) is 14.3. The van der Waals surface area contributed by atoms with Gasteiger partial charge in [0.05, 0.1) is 23.6 Å². The highest BCUT2D eigenvalue weighted by Gasteiger charge is 2.25. The summed E-state index contributed by atoms with van der Waals surface area (Å²) in [6, 6.07) is 10.8. The van der Waals surface area contributed by atoms with Gasteiger partial charge >= 0.3 is 5.97 Å². The summed E-state index contributed by atoms with van der Waals surface area (Å²) in [4.78, 5) is 48.1. The summed E-state index contributed by atoms with van der Waals surface area (Å²) in [7, 11) is 0. The Balaban J connectivity index is 1.57. The third-order valence-electron chi connectivity index (χ3n) is 4.38. The molecule has 0 spiro atoms. The van der Waals surface area contributed by atoms with Crippen LogP contribution < -0.4 is 15.0 Å². The number of fused-ring (bicyclic) bond motifs is 1. The number of benzene rings is 2. The van der Waals surface area contributed by atoms with Gasteiger partial charge in [-0.2, -0.15) is 0 Å². The average molecular weight is 413 g/mol. The molecule has 10 heteroatoms. The molecule has 0 saturated carbocycles. The third-order valence-corrected chi connectivity index (χ3v) is 4.38. The van der Waals surface area contributed by atoms with Crippen molar-refractivity contribution in [2.45, 2.75) is 13.3 Å². The number of amides is 2. The summed E-state index contributed by atoms with van der Waals surface area (Å²) in [5.74, 6) is -1.16. The van der Waals surface area contributed by atoms with Crippen molar-refractivity contribution in [1.82, 2.24) is 0 Å². The molecule has 1 aliphatic heterocycles. The molecule has 10 nitrogen and oxygen atoms in total. The van der Waals surface area contributed by atoms with Crippen LogP contribution in [-0.4, -0.2) is 42.5 Å². The van der Waals surface area contributed by atoms with E-state index in [1.165, 1.54) is 23.1 Å². The van der Waals surface area contributed by atoms with Crippen molar-refractivity contribution >= 4 is 34.8 Å². The fourth-order valence-electron chi connectivity index (χ4n) is 2.90. The number of para-hydroxylation sites is 2. The zero-order chi connectivity index (χ0) is 21.7. The minimum atomic E-state index is -0.754. The van der Waals surface area contributed by atoms with Gasteiger partial charge in [-0.25, -0.2) is 0 Å². The summed E-state index contributed by atoms with van der Waals surface area (Å²) in [5, 5.41) is 13.3. The normalized spacial score (nSPS) is 13.0. The molecule has 0 fully saturated rings. The minimum absolute atomic E-state index is 0.0942. The van der Waals surface area contributed by atoms with Gasteiger partial charge in [0.25, 0.3) is 11.6 Å². The number of nitro groups is 1. The number of carbonyl (C=O) groups is 3. The first kappa shape index (κ1) is 20.8. The lowest BCUT2D eigenvalue weighted by Crippen LogP contribution is -2.37. The molecule has 1 heterocycles. The number of carbonyl (C=O) groups excluding carboxylic acids is 3. The Morgan fingerprint density at radius 1 is 1.27 bits per heavy atom. The smallest absolute Gasteiger partial charge is 0.326 e. The number of non-ortho nitro benzene ring substituents is 1. The topological polar surface area (TPSA) is 128 Å². The zero-order valence-electron chi connectivity index (χ0n) is 16.1. The van der Waals surface area contributed by atoms with Crippen molar-refractivity contribution in [3.8, 4) is 5.75 Å². The van der Waals surface area contributed by atoms with Gasteiger partial charge in [-0.15, -0.1) is 0 Å². The number of anilines is 2. The van der Waals surface area contributed by atoms with Crippen molar-refractivity contribution in [2.75, 3.05) is 30.0 Å². The van der Waals surface area contributed by atoms with Crippen LogP contribution in [0.2, 0.25) is 0 Å². The number of ether oxygens (including phenoxy) is 2. The second-order valence-corrected chi connectivity index (χ2v) is 6.51. The van der Waals surface area contributed by atoms with Crippen molar-refractivity contribution in [1.29, 1.82) is 0 Å². The highest BCUT2D eigenvalue weighted by atomic mass is 16.6. The number of nitrogens with one attached hydrogen (secondary N) is 1. The highest BCUT2D eigenvalue weighted by Crippen LogP contribution is 2.30. The van der Waals surface area contributed by atoms with Gasteiger partial charge in [0, 0.05) is 17.8 Å². The summed E-state index contributed by atoms with van der Waals surface area (Å²) in [5.41, 5.74) is 1.23. The highest BCUT2D eigenvalue weighted by molar-refractivity contribution is 6.00. The van der Waals surface area contributed by atoms with E-state index < -0.39 is 23.4 Å². The molecule has 0 saturated heterocycles. The first-order valence-corrected chi connectivity index (χ1v) is 9.08. The Kier molecular flexibility index (Phi) is 6.26. The molecule has 2 aromatic rings. The van der Waals surface area contributed by atoms with Crippen LogP contribution in [0.15, 0.2) is 42.5 Å². The molecule has 0 bridgehead atoms. The standard InChI is InChI=1S/C20H19N3O7/c1-13-10-14(23(27)28)6-7-15(13)21-18(24)12-30-20(26)11-22-16-4-2-3-5-17(16)29-9-8-19(22)25/h2-7,10H,8-9,11-12H2,1H3,(H,21,24). The second kappa shape index (κ2) is 9.03. The van der Waals surface area contributed by atoms with Gasteiger partial charge in [-0.05, 0) is 30.7 Å². The van der Waals surface area contributed by atoms with Gasteiger partial charge in [-0.1, -0.05) is 12.1 Å². The molecule has 1 aliphatic rings. The SMILES string of the molecule is Cc1cc([N+](=O)[O-])ccc1NC(=O)COC(=O)CN1C(=O)CCOc2ccccc21. The Morgan fingerprint density at radius 3 is 2.77 bits per heavy atom. The van der Waals surface area contributed by atoms with Gasteiger partial charge in [0.2, 0.25) is 5.91 Å². The lowest BCUT2D eigenvalue weighted by molar-refractivity contribution is -0.384. The van der Waals surface area contributed by atoms with Crippen LogP contribution >= 0.6 is 0 Å². The summed E-state index contributed by atoms with van der Waals surface area (Å²) >= 11 is 0. The van der Waals surface area contributed by atoms with Gasteiger partial charge in [0.15, 0.2) is 6.61 Å². The van der Waals surface area contributed by atoms with E-state index in [9.17, 15) is 24.5 Å². The van der Waals surface area contributed by atoms with Crippen LogP contribution in [-0.2, 0) is 19.1 Å².